The SMILES string of the molecule is COc1cccc(N2C(=O)C(=O)/C(=C(/O)c3cc(Cl)c(OC)c(Cl)c3)C2c2ccccc2C)c1. The number of methoxy groups -OCH3 is 2. The van der Waals surface area contributed by atoms with Crippen LogP contribution in [-0.2, 0) is 9.59 Å². The summed E-state index contributed by atoms with van der Waals surface area (Å²) in [5.41, 5.74) is 2.12. The summed E-state index contributed by atoms with van der Waals surface area (Å²) in [5, 5.41) is 11.6. The highest BCUT2D eigenvalue weighted by Crippen LogP contribution is 2.45. The molecule has 1 amide bonds. The zero-order valence-electron chi connectivity index (χ0n) is 18.6. The molecule has 1 atom stereocenters. The number of hydrogen-bond acceptors (Lipinski definition) is 5. The Morgan fingerprint density at radius 2 is 1.62 bits per heavy atom. The van der Waals surface area contributed by atoms with E-state index in [0.29, 0.717) is 17.0 Å². The molecule has 1 heterocycles. The minimum atomic E-state index is -0.882. The van der Waals surface area contributed by atoms with Crippen LogP contribution in [0, 0.1) is 6.92 Å². The van der Waals surface area contributed by atoms with Crippen molar-refractivity contribution in [3.63, 3.8) is 0 Å². The number of hydrogen-bond donors (Lipinski definition) is 1. The van der Waals surface area contributed by atoms with Crippen molar-refractivity contribution in [2.45, 2.75) is 13.0 Å². The summed E-state index contributed by atoms with van der Waals surface area (Å²) >= 11 is 12.5. The van der Waals surface area contributed by atoms with Crippen molar-refractivity contribution in [3.8, 4) is 11.5 Å². The number of aliphatic hydroxyl groups excluding tert-OH is 1. The van der Waals surface area contributed by atoms with E-state index in [2.05, 4.69) is 0 Å². The van der Waals surface area contributed by atoms with Gasteiger partial charge in [-0.25, -0.2) is 0 Å². The van der Waals surface area contributed by atoms with E-state index < -0.39 is 17.7 Å². The second-order valence-corrected chi connectivity index (χ2v) is 8.51. The Morgan fingerprint density at radius 3 is 2.24 bits per heavy atom. The summed E-state index contributed by atoms with van der Waals surface area (Å²) in [6.45, 7) is 1.88. The molecule has 8 heteroatoms. The molecular formula is C26H21Cl2NO5. The Hall–Kier alpha value is -3.48. The lowest BCUT2D eigenvalue weighted by molar-refractivity contribution is -0.132. The van der Waals surface area contributed by atoms with Crippen molar-refractivity contribution >= 4 is 46.3 Å². The predicted molar refractivity (Wildman–Crippen MR) is 132 cm³/mol. The average Bonchev–Trinajstić information content (AvgIpc) is 3.09. The molecule has 6 nitrogen and oxygen atoms in total. The van der Waals surface area contributed by atoms with Gasteiger partial charge in [0.25, 0.3) is 11.7 Å². The van der Waals surface area contributed by atoms with Crippen LogP contribution in [0.1, 0.15) is 22.7 Å². The fourth-order valence-corrected chi connectivity index (χ4v) is 4.74. The number of anilines is 1. The van der Waals surface area contributed by atoms with Crippen LogP contribution < -0.4 is 14.4 Å². The lowest BCUT2D eigenvalue weighted by Gasteiger charge is -2.27. The van der Waals surface area contributed by atoms with Crippen molar-refractivity contribution in [2.75, 3.05) is 19.1 Å². The first kappa shape index (κ1) is 23.7. The second kappa shape index (κ2) is 9.41. The molecule has 34 heavy (non-hydrogen) atoms. The second-order valence-electron chi connectivity index (χ2n) is 7.70. The maximum Gasteiger partial charge on any atom is 0.300 e. The van der Waals surface area contributed by atoms with Gasteiger partial charge in [0.15, 0.2) is 5.75 Å². The molecule has 0 aliphatic carbocycles. The third kappa shape index (κ3) is 4.00. The van der Waals surface area contributed by atoms with Gasteiger partial charge in [-0.15, -0.1) is 0 Å². The van der Waals surface area contributed by atoms with E-state index in [4.69, 9.17) is 32.7 Å². The average molecular weight is 498 g/mol. The molecule has 1 unspecified atom stereocenters. The van der Waals surface area contributed by atoms with Crippen molar-refractivity contribution in [2.24, 2.45) is 0 Å². The Bertz CT molecular complexity index is 1310. The Labute approximate surface area is 206 Å². The highest BCUT2D eigenvalue weighted by atomic mass is 35.5. The van der Waals surface area contributed by atoms with E-state index in [1.54, 1.807) is 24.3 Å². The number of ketones is 1. The predicted octanol–water partition coefficient (Wildman–Crippen LogP) is 5.95. The molecule has 0 bridgehead atoms. The molecule has 0 saturated carbocycles. The number of ether oxygens (including phenoxy) is 2. The zero-order valence-corrected chi connectivity index (χ0v) is 20.1. The summed E-state index contributed by atoms with van der Waals surface area (Å²) < 4.78 is 10.5. The third-order valence-corrected chi connectivity index (χ3v) is 6.30. The Balaban J connectivity index is 1.98. The van der Waals surface area contributed by atoms with E-state index >= 15 is 0 Å². The van der Waals surface area contributed by atoms with Crippen molar-refractivity contribution in [3.05, 3.63) is 93.0 Å². The first-order chi connectivity index (χ1) is 16.3. The van der Waals surface area contributed by atoms with Crippen LogP contribution in [0.25, 0.3) is 5.76 Å². The topological polar surface area (TPSA) is 76.1 Å². The molecule has 1 aliphatic heterocycles. The normalized spacial score (nSPS) is 17.2. The summed E-state index contributed by atoms with van der Waals surface area (Å²) in [6, 6.07) is 16.2. The van der Waals surface area contributed by atoms with E-state index in [1.807, 2.05) is 31.2 Å². The number of nitrogens with zero attached hydrogens (tertiary/aromatic N) is 1. The number of carbonyl (C=O) groups excluding carboxylic acids is 2. The highest BCUT2D eigenvalue weighted by Gasteiger charge is 2.47. The number of amides is 1. The number of benzene rings is 3. The zero-order chi connectivity index (χ0) is 24.6. The van der Waals surface area contributed by atoms with Crippen LogP contribution in [-0.4, -0.2) is 31.0 Å². The number of carbonyl (C=O) groups is 2. The fourth-order valence-electron chi connectivity index (χ4n) is 4.09. The molecule has 1 fully saturated rings. The van der Waals surface area contributed by atoms with E-state index in [9.17, 15) is 14.7 Å². The van der Waals surface area contributed by atoms with Gasteiger partial charge in [-0.3, -0.25) is 14.5 Å². The smallest absolute Gasteiger partial charge is 0.300 e. The third-order valence-electron chi connectivity index (χ3n) is 5.73. The van der Waals surface area contributed by atoms with Gasteiger partial charge in [0.2, 0.25) is 0 Å². The van der Waals surface area contributed by atoms with Gasteiger partial charge in [0, 0.05) is 17.3 Å². The van der Waals surface area contributed by atoms with Crippen LogP contribution in [0.3, 0.4) is 0 Å². The standard InChI is InChI=1S/C26H21Cl2NO5/c1-14-7-4-5-10-18(14)22-21(23(30)15-11-19(27)25(34-3)20(28)12-15)24(31)26(32)29(22)16-8-6-9-17(13-16)33-2/h4-13,22,30H,1-3H3/b23-21+. The Kier molecular flexibility index (Phi) is 6.55. The van der Waals surface area contributed by atoms with Gasteiger partial charge < -0.3 is 14.6 Å². The van der Waals surface area contributed by atoms with Gasteiger partial charge in [-0.05, 0) is 42.3 Å². The fraction of sp³-hybridized carbons (Fsp3) is 0.154. The Morgan fingerprint density at radius 1 is 0.941 bits per heavy atom. The van der Waals surface area contributed by atoms with E-state index in [1.165, 1.54) is 31.3 Å². The monoisotopic (exact) mass is 497 g/mol. The number of aliphatic hydroxyl groups is 1. The van der Waals surface area contributed by atoms with E-state index in [-0.39, 0.29) is 32.7 Å². The maximum atomic E-state index is 13.3. The molecular weight excluding hydrogens is 477 g/mol. The molecule has 3 aromatic carbocycles. The molecule has 1 aliphatic rings. The van der Waals surface area contributed by atoms with Crippen LogP contribution >= 0.6 is 23.2 Å². The molecule has 1 N–H and O–H groups in total. The van der Waals surface area contributed by atoms with Crippen LogP contribution in [0.2, 0.25) is 10.0 Å². The summed E-state index contributed by atoms with van der Waals surface area (Å²) in [4.78, 5) is 28.0. The van der Waals surface area contributed by atoms with Gasteiger partial charge >= 0.3 is 0 Å². The molecule has 174 valence electrons. The van der Waals surface area contributed by atoms with Gasteiger partial charge in [0.1, 0.15) is 11.5 Å². The van der Waals surface area contributed by atoms with Crippen LogP contribution in [0.4, 0.5) is 5.69 Å². The molecule has 1 saturated heterocycles. The summed E-state index contributed by atoms with van der Waals surface area (Å²) in [5.74, 6) is -1.21. The highest BCUT2D eigenvalue weighted by molar-refractivity contribution is 6.51. The molecule has 0 radical (unpaired) electrons. The number of rotatable bonds is 5. The largest absolute Gasteiger partial charge is 0.507 e. The van der Waals surface area contributed by atoms with Crippen molar-refractivity contribution in [1.82, 2.24) is 0 Å². The lowest BCUT2D eigenvalue weighted by Crippen LogP contribution is -2.29. The van der Waals surface area contributed by atoms with Crippen LogP contribution in [0.15, 0.2) is 66.2 Å². The molecule has 0 spiro atoms. The summed E-state index contributed by atoms with van der Waals surface area (Å²) in [7, 11) is 2.94. The van der Waals surface area contributed by atoms with Crippen molar-refractivity contribution in [1.29, 1.82) is 0 Å². The number of halogens is 2. The molecule has 0 aromatic heterocycles. The van der Waals surface area contributed by atoms with E-state index in [0.717, 1.165) is 5.56 Å². The van der Waals surface area contributed by atoms with Gasteiger partial charge in [0.05, 0.1) is 35.9 Å². The maximum absolute atomic E-state index is 13.3. The first-order valence-corrected chi connectivity index (χ1v) is 11.1. The van der Waals surface area contributed by atoms with Crippen molar-refractivity contribution < 1.29 is 24.2 Å². The molecule has 3 aromatic rings. The van der Waals surface area contributed by atoms with Crippen LogP contribution in [0.5, 0.6) is 11.5 Å². The van der Waals surface area contributed by atoms with Gasteiger partial charge in [-0.1, -0.05) is 53.5 Å². The summed E-state index contributed by atoms with van der Waals surface area (Å²) in [6.07, 6.45) is 0. The molecule has 4 rings (SSSR count). The lowest BCUT2D eigenvalue weighted by atomic mass is 9.92. The minimum Gasteiger partial charge on any atom is -0.507 e. The quantitative estimate of drug-likeness (QED) is 0.268. The minimum absolute atomic E-state index is 0.0700. The first-order valence-electron chi connectivity index (χ1n) is 10.3. The number of Topliss-reactive ketones (excluding diaryl/α,β-unsaturated/α-hetero) is 1. The van der Waals surface area contributed by atoms with Gasteiger partial charge in [-0.2, -0.15) is 0 Å². The number of aryl methyl sites for hydroxylation is 1.